The van der Waals surface area contributed by atoms with Crippen molar-refractivity contribution in [3.05, 3.63) is 35.4 Å². The van der Waals surface area contributed by atoms with Crippen LogP contribution in [-0.4, -0.2) is 36.9 Å². The lowest BCUT2D eigenvalue weighted by Gasteiger charge is -2.40. The van der Waals surface area contributed by atoms with E-state index in [0.29, 0.717) is 5.78 Å². The van der Waals surface area contributed by atoms with Crippen LogP contribution in [0.5, 0.6) is 0 Å². The van der Waals surface area contributed by atoms with Crippen molar-refractivity contribution < 1.29 is 4.79 Å². The highest BCUT2D eigenvalue weighted by Crippen LogP contribution is 2.22. The van der Waals surface area contributed by atoms with E-state index in [9.17, 15) is 4.79 Å². The molecule has 0 radical (unpaired) electrons. The first-order valence-corrected chi connectivity index (χ1v) is 6.75. The number of ketones is 1. The third-order valence-corrected chi connectivity index (χ3v) is 4.07. The number of carbonyl (C=O) groups is 1. The molecule has 3 heteroatoms. The maximum atomic E-state index is 12.0. The van der Waals surface area contributed by atoms with E-state index < -0.39 is 0 Å². The predicted molar refractivity (Wildman–Crippen MR) is 71.3 cm³/mol. The van der Waals surface area contributed by atoms with E-state index in [1.807, 2.05) is 0 Å². The monoisotopic (exact) mass is 244 g/mol. The number of piperidine rings is 2. The molecule has 2 fully saturated rings. The number of fused-ring (bicyclic) bond motifs is 2. The molecule has 3 rings (SSSR count). The average Bonchev–Trinajstić information content (AvgIpc) is 2.33. The number of nitrogens with one attached hydrogen (secondary N) is 1. The molecule has 2 aliphatic rings. The Morgan fingerprint density at radius 1 is 1.17 bits per heavy atom. The van der Waals surface area contributed by atoms with E-state index in [2.05, 4.69) is 41.4 Å². The third-order valence-electron chi connectivity index (χ3n) is 4.07. The largest absolute Gasteiger partial charge is 0.315 e. The number of rotatable bonds is 2. The number of nitrogens with zero attached hydrogens (tertiary/aromatic N) is 1. The maximum Gasteiger partial charge on any atom is 0.144 e. The van der Waals surface area contributed by atoms with Crippen LogP contribution in [0.4, 0.5) is 0 Å². The number of hydrogen-bond donors (Lipinski definition) is 1. The summed E-state index contributed by atoms with van der Waals surface area (Å²) in [5.41, 5.74) is 2.65. The SMILES string of the molecule is Cc1ccc(CN2CC3CNCC(C2)C3=O)cc1. The molecule has 3 nitrogen and oxygen atoms in total. The van der Waals surface area contributed by atoms with E-state index in [-0.39, 0.29) is 11.8 Å². The fourth-order valence-electron chi connectivity index (χ4n) is 3.05. The van der Waals surface area contributed by atoms with Gasteiger partial charge in [0, 0.05) is 44.6 Å². The molecule has 2 aliphatic heterocycles. The molecule has 96 valence electrons. The lowest BCUT2D eigenvalue weighted by molar-refractivity contribution is -0.133. The first kappa shape index (κ1) is 11.9. The zero-order valence-electron chi connectivity index (χ0n) is 10.9. The van der Waals surface area contributed by atoms with E-state index in [0.717, 1.165) is 32.7 Å². The van der Waals surface area contributed by atoms with Crippen LogP contribution >= 0.6 is 0 Å². The van der Waals surface area contributed by atoms with Crippen LogP contribution in [0.15, 0.2) is 24.3 Å². The molecule has 0 saturated carbocycles. The maximum absolute atomic E-state index is 12.0. The van der Waals surface area contributed by atoms with Crippen molar-refractivity contribution in [2.24, 2.45) is 11.8 Å². The van der Waals surface area contributed by atoms with Crippen molar-refractivity contribution in [2.45, 2.75) is 13.5 Å². The fraction of sp³-hybridized carbons (Fsp3) is 0.533. The summed E-state index contributed by atoms with van der Waals surface area (Å²) in [6.07, 6.45) is 0. The Morgan fingerprint density at radius 2 is 1.78 bits per heavy atom. The summed E-state index contributed by atoms with van der Waals surface area (Å²) in [6.45, 7) is 6.63. The highest BCUT2D eigenvalue weighted by molar-refractivity contribution is 5.85. The van der Waals surface area contributed by atoms with Crippen LogP contribution < -0.4 is 5.32 Å². The number of carbonyl (C=O) groups excluding carboxylic acids is 1. The highest BCUT2D eigenvalue weighted by atomic mass is 16.1. The second-order valence-corrected chi connectivity index (χ2v) is 5.63. The van der Waals surface area contributed by atoms with Crippen LogP contribution in [0.25, 0.3) is 0 Å². The number of hydrogen-bond acceptors (Lipinski definition) is 3. The molecule has 2 unspecified atom stereocenters. The van der Waals surface area contributed by atoms with Crippen molar-refractivity contribution in [2.75, 3.05) is 26.2 Å². The normalized spacial score (nSPS) is 28.4. The van der Waals surface area contributed by atoms with Gasteiger partial charge in [-0.05, 0) is 12.5 Å². The van der Waals surface area contributed by atoms with Crippen molar-refractivity contribution >= 4 is 5.78 Å². The van der Waals surface area contributed by atoms with Crippen molar-refractivity contribution in [3.8, 4) is 0 Å². The molecule has 0 amide bonds. The van der Waals surface area contributed by atoms with Crippen molar-refractivity contribution in [1.29, 1.82) is 0 Å². The lowest BCUT2D eigenvalue weighted by atomic mass is 9.84. The zero-order chi connectivity index (χ0) is 12.5. The van der Waals surface area contributed by atoms with E-state index in [1.54, 1.807) is 0 Å². The molecule has 0 aromatic heterocycles. The van der Waals surface area contributed by atoms with Crippen LogP contribution in [0.1, 0.15) is 11.1 Å². The smallest absolute Gasteiger partial charge is 0.144 e. The molecule has 1 aromatic carbocycles. The molecule has 2 saturated heterocycles. The summed E-state index contributed by atoms with van der Waals surface area (Å²) >= 11 is 0. The molecule has 1 aromatic rings. The van der Waals surface area contributed by atoms with Crippen LogP contribution in [0.3, 0.4) is 0 Å². The summed E-state index contributed by atoms with van der Waals surface area (Å²) in [6, 6.07) is 8.71. The molecule has 0 aliphatic carbocycles. The number of aryl methyl sites for hydroxylation is 1. The Balaban J connectivity index is 1.67. The predicted octanol–water partition coefficient (Wildman–Crippen LogP) is 1.22. The first-order valence-electron chi connectivity index (χ1n) is 6.75. The Hall–Kier alpha value is -1.19. The Morgan fingerprint density at radius 3 is 2.39 bits per heavy atom. The van der Waals surface area contributed by atoms with Gasteiger partial charge in [0.2, 0.25) is 0 Å². The number of Topliss-reactive ketones (excluding diaryl/α,β-unsaturated/α-hetero) is 1. The quantitative estimate of drug-likeness (QED) is 0.849. The van der Waals surface area contributed by atoms with Crippen LogP contribution in [0, 0.1) is 18.8 Å². The Kier molecular flexibility index (Phi) is 3.18. The molecule has 18 heavy (non-hydrogen) atoms. The van der Waals surface area contributed by atoms with Gasteiger partial charge >= 0.3 is 0 Å². The zero-order valence-corrected chi connectivity index (χ0v) is 10.9. The summed E-state index contributed by atoms with van der Waals surface area (Å²) in [5.74, 6) is 0.903. The topological polar surface area (TPSA) is 32.3 Å². The van der Waals surface area contributed by atoms with Crippen molar-refractivity contribution in [3.63, 3.8) is 0 Å². The van der Waals surface area contributed by atoms with Crippen LogP contribution in [0.2, 0.25) is 0 Å². The lowest BCUT2D eigenvalue weighted by Crippen LogP contribution is -2.56. The van der Waals surface area contributed by atoms with Gasteiger partial charge in [0.1, 0.15) is 5.78 Å². The van der Waals surface area contributed by atoms with Gasteiger partial charge in [-0.15, -0.1) is 0 Å². The van der Waals surface area contributed by atoms with Gasteiger partial charge in [0.15, 0.2) is 0 Å². The Bertz CT molecular complexity index is 424. The Labute approximate surface area is 108 Å². The summed E-state index contributed by atoms with van der Waals surface area (Å²) < 4.78 is 0. The third kappa shape index (κ3) is 2.33. The first-order chi connectivity index (χ1) is 8.72. The fourth-order valence-corrected chi connectivity index (χ4v) is 3.05. The molecule has 1 N–H and O–H groups in total. The summed E-state index contributed by atoms with van der Waals surface area (Å²) in [4.78, 5) is 14.4. The highest BCUT2D eigenvalue weighted by Gasteiger charge is 2.37. The molecule has 2 atom stereocenters. The van der Waals surface area contributed by atoms with Gasteiger partial charge in [0.05, 0.1) is 0 Å². The molecular weight excluding hydrogens is 224 g/mol. The van der Waals surface area contributed by atoms with E-state index >= 15 is 0 Å². The van der Waals surface area contributed by atoms with Gasteiger partial charge in [-0.25, -0.2) is 0 Å². The van der Waals surface area contributed by atoms with Gasteiger partial charge in [0.25, 0.3) is 0 Å². The van der Waals surface area contributed by atoms with Gasteiger partial charge in [-0.1, -0.05) is 29.8 Å². The summed E-state index contributed by atoms with van der Waals surface area (Å²) in [7, 11) is 0. The number of likely N-dealkylation sites (tertiary alicyclic amines) is 1. The molecule has 0 spiro atoms. The van der Waals surface area contributed by atoms with Crippen LogP contribution in [-0.2, 0) is 11.3 Å². The molecule has 2 heterocycles. The molecular formula is C15H20N2O. The van der Waals surface area contributed by atoms with Crippen molar-refractivity contribution in [1.82, 2.24) is 10.2 Å². The van der Waals surface area contributed by atoms with Gasteiger partial charge in [-0.2, -0.15) is 0 Å². The van der Waals surface area contributed by atoms with E-state index in [4.69, 9.17) is 0 Å². The number of benzene rings is 1. The van der Waals surface area contributed by atoms with Gasteiger partial charge in [-0.3, -0.25) is 9.69 Å². The molecule has 2 bridgehead atoms. The minimum Gasteiger partial charge on any atom is -0.315 e. The second kappa shape index (κ2) is 4.82. The summed E-state index contributed by atoms with van der Waals surface area (Å²) in [5, 5.41) is 3.36. The average molecular weight is 244 g/mol. The standard InChI is InChI=1S/C15H20N2O/c1-11-2-4-12(5-3-11)8-17-9-13-6-16-7-14(10-17)15(13)18/h2-5,13-14,16H,6-10H2,1H3. The van der Waals surface area contributed by atoms with Gasteiger partial charge < -0.3 is 5.32 Å². The van der Waals surface area contributed by atoms with E-state index in [1.165, 1.54) is 11.1 Å². The minimum absolute atomic E-state index is 0.211. The minimum atomic E-state index is 0.211. The second-order valence-electron chi connectivity index (χ2n) is 5.63.